The van der Waals surface area contributed by atoms with E-state index < -0.39 is 0 Å². The molecule has 3 heterocycles. The van der Waals surface area contributed by atoms with Crippen LogP contribution < -0.4 is 10.6 Å². The summed E-state index contributed by atoms with van der Waals surface area (Å²) in [6.45, 7) is 4.09. The number of ether oxygens (including phenoxy) is 1. The van der Waals surface area contributed by atoms with E-state index in [0.717, 1.165) is 48.5 Å². The van der Waals surface area contributed by atoms with E-state index in [-0.39, 0.29) is 12.1 Å². The third-order valence-electron chi connectivity index (χ3n) is 5.61. The van der Waals surface area contributed by atoms with Crippen LogP contribution in [0.15, 0.2) is 6.07 Å². The first-order valence-corrected chi connectivity index (χ1v) is 9.09. The zero-order chi connectivity index (χ0) is 17.6. The molecule has 2 atom stereocenters. The van der Waals surface area contributed by atoms with Gasteiger partial charge in [-0.2, -0.15) is 0 Å². The van der Waals surface area contributed by atoms with E-state index in [0.29, 0.717) is 0 Å². The van der Waals surface area contributed by atoms with Crippen molar-refractivity contribution in [2.45, 2.75) is 38.3 Å². The Balaban J connectivity index is 1.75. The number of likely N-dealkylation sites (N-methyl/N-ethyl adjacent to an activating group) is 1. The van der Waals surface area contributed by atoms with Crippen molar-refractivity contribution in [2.24, 2.45) is 0 Å². The van der Waals surface area contributed by atoms with Crippen molar-refractivity contribution < 1.29 is 4.74 Å². The first kappa shape index (κ1) is 16.5. The molecule has 25 heavy (non-hydrogen) atoms. The van der Waals surface area contributed by atoms with Crippen molar-refractivity contribution in [3.05, 3.63) is 22.9 Å². The minimum absolute atomic E-state index is 0.176. The smallest absolute Gasteiger partial charge is 0.164 e. The molecular weight excluding hydrogens is 314 g/mol. The van der Waals surface area contributed by atoms with Crippen LogP contribution in [0.3, 0.4) is 0 Å². The van der Waals surface area contributed by atoms with Gasteiger partial charge in [-0.15, -0.1) is 0 Å². The van der Waals surface area contributed by atoms with Gasteiger partial charge in [0.15, 0.2) is 5.65 Å². The van der Waals surface area contributed by atoms with Crippen molar-refractivity contribution in [3.8, 4) is 0 Å². The molecule has 4 rings (SSSR count). The normalized spacial score (nSPS) is 23.2. The van der Waals surface area contributed by atoms with Crippen molar-refractivity contribution >= 4 is 22.5 Å². The molecule has 0 bridgehead atoms. The lowest BCUT2D eigenvalue weighted by molar-refractivity contribution is 0.104. The Bertz CT molecular complexity index is 806. The molecule has 2 aliphatic rings. The van der Waals surface area contributed by atoms with Gasteiger partial charge in [-0.05, 0) is 44.4 Å². The van der Waals surface area contributed by atoms with Crippen LogP contribution in [-0.2, 0) is 17.6 Å². The summed E-state index contributed by atoms with van der Waals surface area (Å²) in [7, 11) is 5.86. The van der Waals surface area contributed by atoms with E-state index in [9.17, 15) is 0 Å². The monoisotopic (exact) mass is 341 g/mol. The van der Waals surface area contributed by atoms with Crippen LogP contribution in [-0.4, -0.2) is 61.3 Å². The minimum Gasteiger partial charge on any atom is -0.387 e. The molecule has 134 valence electrons. The molecule has 0 amide bonds. The second-order valence-electron chi connectivity index (χ2n) is 7.27. The summed E-state index contributed by atoms with van der Waals surface area (Å²) < 4.78 is 5.63. The molecule has 0 spiro atoms. The molecule has 1 aliphatic heterocycles. The van der Waals surface area contributed by atoms with Crippen LogP contribution in [0.25, 0.3) is 11.0 Å². The zero-order valence-corrected chi connectivity index (χ0v) is 15.5. The van der Waals surface area contributed by atoms with Crippen molar-refractivity contribution in [3.63, 3.8) is 0 Å². The second kappa shape index (κ2) is 6.42. The number of hydrogen-bond donors (Lipinski definition) is 2. The number of nitrogens with zero attached hydrogens (tertiary/aromatic N) is 3. The van der Waals surface area contributed by atoms with Gasteiger partial charge in [0.05, 0.1) is 12.1 Å². The van der Waals surface area contributed by atoms with Gasteiger partial charge >= 0.3 is 0 Å². The molecule has 0 saturated carbocycles. The van der Waals surface area contributed by atoms with E-state index in [2.05, 4.69) is 35.6 Å². The average Bonchev–Trinajstić information content (AvgIpc) is 3.20. The lowest BCUT2D eigenvalue weighted by Crippen LogP contribution is -2.33. The van der Waals surface area contributed by atoms with E-state index in [1.165, 1.54) is 23.2 Å². The van der Waals surface area contributed by atoms with Crippen LogP contribution >= 0.6 is 0 Å². The van der Waals surface area contributed by atoms with Crippen LogP contribution in [0.4, 0.5) is 11.5 Å². The van der Waals surface area contributed by atoms with Gasteiger partial charge in [-0.1, -0.05) is 0 Å². The fourth-order valence-corrected chi connectivity index (χ4v) is 4.32. The molecule has 1 aliphatic carbocycles. The zero-order valence-electron chi connectivity index (χ0n) is 15.5. The van der Waals surface area contributed by atoms with Crippen LogP contribution in [0, 0.1) is 6.92 Å². The van der Waals surface area contributed by atoms with Crippen molar-refractivity contribution in [1.29, 1.82) is 0 Å². The highest BCUT2D eigenvalue weighted by Crippen LogP contribution is 2.34. The molecule has 6 nitrogen and oxygen atoms in total. The van der Waals surface area contributed by atoms with Gasteiger partial charge in [-0.3, -0.25) is 0 Å². The SMILES string of the molecule is CNc1cc(N[C@H]2CN(C)C[C@@H]2OC)nc2nc3c(c(C)c12)CCC3. The van der Waals surface area contributed by atoms with E-state index >= 15 is 0 Å². The number of methoxy groups -OCH3 is 1. The minimum atomic E-state index is 0.176. The fourth-order valence-electron chi connectivity index (χ4n) is 4.32. The molecule has 2 aromatic rings. The van der Waals surface area contributed by atoms with Gasteiger partial charge in [0.2, 0.25) is 0 Å². The van der Waals surface area contributed by atoms with Gasteiger partial charge in [0.25, 0.3) is 0 Å². The number of pyridine rings is 2. The lowest BCUT2D eigenvalue weighted by Gasteiger charge is -2.20. The van der Waals surface area contributed by atoms with Crippen molar-refractivity contribution in [1.82, 2.24) is 14.9 Å². The van der Waals surface area contributed by atoms with Gasteiger partial charge in [-0.25, -0.2) is 9.97 Å². The third-order valence-corrected chi connectivity index (χ3v) is 5.61. The maximum atomic E-state index is 5.63. The van der Waals surface area contributed by atoms with Gasteiger partial charge in [0.1, 0.15) is 5.82 Å². The Morgan fingerprint density at radius 3 is 2.84 bits per heavy atom. The molecule has 0 unspecified atom stereocenters. The Hall–Kier alpha value is -1.92. The number of fused-ring (bicyclic) bond motifs is 2. The maximum absolute atomic E-state index is 5.63. The Morgan fingerprint density at radius 2 is 2.08 bits per heavy atom. The summed E-state index contributed by atoms with van der Waals surface area (Å²) >= 11 is 0. The molecule has 6 heteroatoms. The molecule has 0 aromatic carbocycles. The predicted octanol–water partition coefficient (Wildman–Crippen LogP) is 2.21. The second-order valence-corrected chi connectivity index (χ2v) is 7.27. The average molecular weight is 341 g/mol. The van der Waals surface area contributed by atoms with E-state index in [1.807, 2.05) is 7.05 Å². The maximum Gasteiger partial charge on any atom is 0.164 e. The number of hydrogen-bond acceptors (Lipinski definition) is 6. The third kappa shape index (κ3) is 2.83. The largest absolute Gasteiger partial charge is 0.387 e. The predicted molar refractivity (Wildman–Crippen MR) is 102 cm³/mol. The van der Waals surface area contributed by atoms with Gasteiger partial charge < -0.3 is 20.3 Å². The standard InChI is InChI=1S/C19H27N5O/c1-11-12-6-5-7-13(12)22-19-18(11)14(20-2)8-17(23-19)21-15-9-24(3)10-16(15)25-4/h8,15-16H,5-7,9-10H2,1-4H3,(H2,20,21,22,23)/t15-,16-/m0/s1. The fraction of sp³-hybridized carbons (Fsp3) is 0.579. The van der Waals surface area contributed by atoms with Crippen molar-refractivity contribution in [2.75, 3.05) is 44.9 Å². The number of aromatic nitrogens is 2. The van der Waals surface area contributed by atoms with E-state index in [1.54, 1.807) is 7.11 Å². The summed E-state index contributed by atoms with van der Waals surface area (Å²) in [5.74, 6) is 0.865. The summed E-state index contributed by atoms with van der Waals surface area (Å²) in [6, 6.07) is 2.34. The van der Waals surface area contributed by atoms with E-state index in [4.69, 9.17) is 14.7 Å². The van der Waals surface area contributed by atoms with Crippen LogP contribution in [0.5, 0.6) is 0 Å². The number of anilines is 2. The number of nitrogens with one attached hydrogen (secondary N) is 2. The Morgan fingerprint density at radius 1 is 1.24 bits per heavy atom. The Labute approximate surface area is 149 Å². The highest BCUT2D eigenvalue weighted by molar-refractivity contribution is 5.94. The first-order valence-electron chi connectivity index (χ1n) is 9.09. The van der Waals surface area contributed by atoms with Gasteiger partial charge in [0, 0.05) is 50.1 Å². The highest BCUT2D eigenvalue weighted by atomic mass is 16.5. The summed E-state index contributed by atoms with van der Waals surface area (Å²) in [6.07, 6.45) is 3.58. The highest BCUT2D eigenvalue weighted by Gasteiger charge is 2.31. The van der Waals surface area contributed by atoms with Crippen LogP contribution in [0.2, 0.25) is 0 Å². The molecule has 1 saturated heterocycles. The summed E-state index contributed by atoms with van der Waals surface area (Å²) in [5.41, 5.74) is 5.91. The molecule has 2 N–H and O–H groups in total. The lowest BCUT2D eigenvalue weighted by atomic mass is 10.0. The number of likely N-dealkylation sites (tertiary alicyclic amines) is 1. The quantitative estimate of drug-likeness (QED) is 0.889. The topological polar surface area (TPSA) is 62.3 Å². The molecule has 0 radical (unpaired) electrons. The summed E-state index contributed by atoms with van der Waals surface area (Å²) in [5, 5.41) is 8.06. The summed E-state index contributed by atoms with van der Waals surface area (Å²) in [4.78, 5) is 12.0. The van der Waals surface area contributed by atoms with Crippen LogP contribution in [0.1, 0.15) is 23.2 Å². The molecule has 2 aromatic heterocycles. The molecule has 1 fully saturated rings. The molecular formula is C19H27N5O. The first-order chi connectivity index (χ1) is 12.1. The number of rotatable bonds is 4. The number of aryl methyl sites for hydroxylation is 2. The Kier molecular flexibility index (Phi) is 4.25.